The first-order valence-electron chi connectivity index (χ1n) is 5.60. The van der Waals surface area contributed by atoms with Gasteiger partial charge in [0.15, 0.2) is 0 Å². The third-order valence-electron chi connectivity index (χ3n) is 2.39. The van der Waals surface area contributed by atoms with E-state index in [0.29, 0.717) is 24.9 Å². The van der Waals surface area contributed by atoms with E-state index in [1.54, 1.807) is 18.2 Å². The van der Waals surface area contributed by atoms with E-state index >= 15 is 0 Å². The minimum atomic E-state index is -1.04. The van der Waals surface area contributed by atoms with Gasteiger partial charge < -0.3 is 10.4 Å². The lowest BCUT2D eigenvalue weighted by atomic mass is 10.0. The van der Waals surface area contributed by atoms with Gasteiger partial charge in [-0.15, -0.1) is 0 Å². The van der Waals surface area contributed by atoms with Crippen LogP contribution >= 0.6 is 0 Å². The first-order chi connectivity index (χ1) is 8.65. The Morgan fingerprint density at radius 1 is 1.33 bits per heavy atom. The molecule has 1 rings (SSSR count). The van der Waals surface area contributed by atoms with Crippen LogP contribution in [0.25, 0.3) is 0 Å². The second kappa shape index (κ2) is 7.07. The number of rotatable bonds is 6. The van der Waals surface area contributed by atoms with Gasteiger partial charge in [-0.3, -0.25) is 4.79 Å². The molecule has 0 bridgehead atoms. The molecule has 1 aromatic carbocycles. The van der Waals surface area contributed by atoms with E-state index < -0.39 is 5.97 Å². The molecule has 0 heterocycles. The van der Waals surface area contributed by atoms with Crippen molar-refractivity contribution >= 4 is 11.9 Å². The molecule has 0 aliphatic carbocycles. The zero-order valence-electron chi connectivity index (χ0n) is 9.85. The molecule has 0 aliphatic heterocycles. The van der Waals surface area contributed by atoms with Gasteiger partial charge in [0.25, 0.3) is 0 Å². The smallest absolute Gasteiger partial charge is 0.335 e. The topological polar surface area (TPSA) is 90.2 Å². The molecule has 18 heavy (non-hydrogen) atoms. The van der Waals surface area contributed by atoms with Gasteiger partial charge in [-0.25, -0.2) is 4.79 Å². The molecule has 1 amide bonds. The van der Waals surface area contributed by atoms with Crippen LogP contribution in [0.5, 0.6) is 0 Å². The van der Waals surface area contributed by atoms with Gasteiger partial charge in [0.1, 0.15) is 0 Å². The van der Waals surface area contributed by atoms with Gasteiger partial charge >= 0.3 is 5.97 Å². The average Bonchev–Trinajstić information content (AvgIpc) is 2.35. The van der Waals surface area contributed by atoms with Crippen molar-refractivity contribution in [2.75, 3.05) is 6.54 Å². The Hall–Kier alpha value is -2.35. The van der Waals surface area contributed by atoms with E-state index in [1.165, 1.54) is 6.07 Å². The molecule has 0 fully saturated rings. The van der Waals surface area contributed by atoms with E-state index in [-0.39, 0.29) is 17.9 Å². The van der Waals surface area contributed by atoms with Crippen molar-refractivity contribution in [1.82, 2.24) is 5.32 Å². The summed E-state index contributed by atoms with van der Waals surface area (Å²) in [7, 11) is 0. The Balaban J connectivity index is 2.54. The van der Waals surface area contributed by atoms with E-state index in [0.717, 1.165) is 0 Å². The van der Waals surface area contributed by atoms with Crippen LogP contribution in [0.2, 0.25) is 0 Å². The summed E-state index contributed by atoms with van der Waals surface area (Å²) in [6.45, 7) is 0.432. The lowest BCUT2D eigenvalue weighted by Crippen LogP contribution is -2.26. The number of nitriles is 1. The van der Waals surface area contributed by atoms with Crippen LogP contribution in [-0.2, 0) is 11.2 Å². The Labute approximate surface area is 105 Å². The Morgan fingerprint density at radius 3 is 2.72 bits per heavy atom. The summed E-state index contributed by atoms with van der Waals surface area (Å²) >= 11 is 0. The summed E-state index contributed by atoms with van der Waals surface area (Å²) in [4.78, 5) is 22.5. The molecule has 94 valence electrons. The van der Waals surface area contributed by atoms with Crippen LogP contribution < -0.4 is 5.32 Å². The van der Waals surface area contributed by atoms with E-state index in [9.17, 15) is 9.59 Å². The van der Waals surface area contributed by atoms with Crippen molar-refractivity contribution in [3.8, 4) is 6.07 Å². The number of carboxylic acid groups (broad SMARTS) is 1. The predicted octanol–water partition coefficient (Wildman–Crippen LogP) is 1.35. The minimum Gasteiger partial charge on any atom is -0.478 e. The van der Waals surface area contributed by atoms with Crippen LogP contribution in [0, 0.1) is 11.3 Å². The molecular formula is C13H14N2O3. The third-order valence-corrected chi connectivity index (χ3v) is 2.39. The number of hydrogen-bond acceptors (Lipinski definition) is 3. The van der Waals surface area contributed by atoms with E-state index in [1.807, 2.05) is 6.07 Å². The maximum Gasteiger partial charge on any atom is 0.335 e. The maximum absolute atomic E-state index is 11.6. The highest BCUT2D eigenvalue weighted by molar-refractivity contribution is 5.91. The summed E-state index contributed by atoms with van der Waals surface area (Å²) in [5.74, 6) is -1.27. The number of benzene rings is 1. The SMILES string of the molecule is N#CCCCNC(=O)Cc1ccccc1C(=O)O. The standard InChI is InChI=1S/C13H14N2O3/c14-7-3-4-8-15-12(16)9-10-5-1-2-6-11(10)13(17)18/h1-2,5-6H,3-4,8-9H2,(H,15,16)(H,17,18). The van der Waals surface area contributed by atoms with Gasteiger partial charge in [0.05, 0.1) is 18.1 Å². The quantitative estimate of drug-likeness (QED) is 0.741. The highest BCUT2D eigenvalue weighted by atomic mass is 16.4. The zero-order chi connectivity index (χ0) is 13.4. The summed E-state index contributed by atoms with van der Waals surface area (Å²) in [5, 5.41) is 19.9. The zero-order valence-corrected chi connectivity index (χ0v) is 9.85. The van der Waals surface area contributed by atoms with Crippen LogP contribution in [0.4, 0.5) is 0 Å². The first kappa shape index (κ1) is 13.7. The van der Waals surface area contributed by atoms with Crippen LogP contribution in [0.3, 0.4) is 0 Å². The summed E-state index contributed by atoms with van der Waals surface area (Å²) in [6, 6.07) is 8.40. The fraction of sp³-hybridized carbons (Fsp3) is 0.308. The largest absolute Gasteiger partial charge is 0.478 e. The maximum atomic E-state index is 11.6. The number of amides is 1. The number of nitrogens with zero attached hydrogens (tertiary/aromatic N) is 1. The minimum absolute atomic E-state index is 0.0367. The normalized spacial score (nSPS) is 9.50. The number of aromatic carboxylic acids is 1. The lowest BCUT2D eigenvalue weighted by molar-refractivity contribution is -0.120. The number of hydrogen-bond donors (Lipinski definition) is 2. The molecular weight excluding hydrogens is 232 g/mol. The van der Waals surface area contributed by atoms with Crippen molar-refractivity contribution in [2.45, 2.75) is 19.3 Å². The van der Waals surface area contributed by atoms with Gasteiger partial charge in [-0.2, -0.15) is 5.26 Å². The van der Waals surface area contributed by atoms with Crippen molar-refractivity contribution in [2.24, 2.45) is 0 Å². The molecule has 2 N–H and O–H groups in total. The van der Waals surface area contributed by atoms with Crippen LogP contribution in [0.15, 0.2) is 24.3 Å². The number of carbonyl (C=O) groups excluding carboxylic acids is 1. The van der Waals surface area contributed by atoms with E-state index in [2.05, 4.69) is 5.32 Å². The number of carbonyl (C=O) groups is 2. The fourth-order valence-electron chi connectivity index (χ4n) is 1.51. The predicted molar refractivity (Wildman–Crippen MR) is 65.0 cm³/mol. The Kier molecular flexibility index (Phi) is 5.39. The summed E-state index contributed by atoms with van der Waals surface area (Å²) < 4.78 is 0. The molecule has 0 atom stereocenters. The molecule has 0 saturated carbocycles. The number of unbranched alkanes of at least 4 members (excludes halogenated alkanes) is 1. The van der Waals surface area contributed by atoms with Gasteiger partial charge in [0, 0.05) is 13.0 Å². The Morgan fingerprint density at radius 2 is 2.06 bits per heavy atom. The lowest BCUT2D eigenvalue weighted by Gasteiger charge is -2.06. The van der Waals surface area contributed by atoms with Crippen molar-refractivity contribution in [3.63, 3.8) is 0 Å². The second-order valence-electron chi connectivity index (χ2n) is 3.75. The molecule has 0 aliphatic rings. The first-order valence-corrected chi connectivity index (χ1v) is 5.60. The van der Waals surface area contributed by atoms with Gasteiger partial charge in [-0.1, -0.05) is 18.2 Å². The molecule has 1 aromatic rings. The van der Waals surface area contributed by atoms with Crippen molar-refractivity contribution in [1.29, 1.82) is 5.26 Å². The van der Waals surface area contributed by atoms with Gasteiger partial charge in [-0.05, 0) is 18.1 Å². The highest BCUT2D eigenvalue weighted by Crippen LogP contribution is 2.09. The second-order valence-corrected chi connectivity index (χ2v) is 3.75. The van der Waals surface area contributed by atoms with Crippen LogP contribution in [0.1, 0.15) is 28.8 Å². The number of nitrogens with one attached hydrogen (secondary N) is 1. The molecule has 0 unspecified atom stereocenters. The molecule has 0 radical (unpaired) electrons. The Bertz CT molecular complexity index is 477. The van der Waals surface area contributed by atoms with Gasteiger partial charge in [0.2, 0.25) is 5.91 Å². The number of carboxylic acids is 1. The summed E-state index contributed by atoms with van der Waals surface area (Å²) in [6.07, 6.45) is 1.03. The molecule has 0 saturated heterocycles. The summed E-state index contributed by atoms with van der Waals surface area (Å²) in [5.41, 5.74) is 0.632. The van der Waals surface area contributed by atoms with Crippen molar-refractivity contribution < 1.29 is 14.7 Å². The third kappa shape index (κ3) is 4.26. The fourth-order valence-corrected chi connectivity index (χ4v) is 1.51. The van der Waals surface area contributed by atoms with Crippen molar-refractivity contribution in [3.05, 3.63) is 35.4 Å². The molecule has 5 nitrogen and oxygen atoms in total. The van der Waals surface area contributed by atoms with Crippen LogP contribution in [-0.4, -0.2) is 23.5 Å². The average molecular weight is 246 g/mol. The molecule has 0 spiro atoms. The monoisotopic (exact) mass is 246 g/mol. The molecule has 5 heteroatoms. The molecule has 0 aromatic heterocycles. The van der Waals surface area contributed by atoms with E-state index in [4.69, 9.17) is 10.4 Å². The highest BCUT2D eigenvalue weighted by Gasteiger charge is 2.11.